The van der Waals surface area contributed by atoms with E-state index >= 15 is 0 Å². The number of halogens is 1. The lowest BCUT2D eigenvalue weighted by Crippen LogP contribution is -2.30. The topological polar surface area (TPSA) is 55.0 Å². The van der Waals surface area contributed by atoms with E-state index in [1.54, 1.807) is 19.1 Å². The number of fused-ring (bicyclic) bond motifs is 1. The lowest BCUT2D eigenvalue weighted by Gasteiger charge is -2.34. The molecule has 0 spiro atoms. The van der Waals surface area contributed by atoms with Gasteiger partial charge in [0.05, 0.1) is 6.61 Å². The summed E-state index contributed by atoms with van der Waals surface area (Å²) < 4.78 is 18.6. The number of aromatic amines is 1. The Bertz CT molecular complexity index is 993. The number of esters is 1. The Morgan fingerprint density at radius 3 is 2.56 bits per heavy atom. The summed E-state index contributed by atoms with van der Waals surface area (Å²) in [4.78, 5) is 12.1. The number of nitrogens with one attached hydrogen (secondary N) is 1. The number of carbonyl (C=O) groups is 1. The second-order valence-corrected chi connectivity index (χ2v) is 6.54. The second-order valence-electron chi connectivity index (χ2n) is 6.54. The first-order valence-corrected chi connectivity index (χ1v) is 8.89. The van der Waals surface area contributed by atoms with E-state index in [4.69, 9.17) is 4.74 Å². The molecule has 1 aromatic heterocycles. The number of carbonyl (C=O) groups excluding carboxylic acids is 1. The third-order valence-corrected chi connectivity index (χ3v) is 4.99. The van der Waals surface area contributed by atoms with Gasteiger partial charge in [-0.2, -0.15) is 5.10 Å². The van der Waals surface area contributed by atoms with E-state index in [1.165, 1.54) is 12.1 Å². The van der Waals surface area contributed by atoms with Crippen LogP contribution in [0.15, 0.2) is 60.7 Å². The Morgan fingerprint density at radius 2 is 1.85 bits per heavy atom. The molecule has 27 heavy (non-hydrogen) atoms. The summed E-state index contributed by atoms with van der Waals surface area (Å²) in [5.41, 5.74) is 3.50. The van der Waals surface area contributed by atoms with Crippen molar-refractivity contribution in [3.63, 3.8) is 0 Å². The Labute approximate surface area is 156 Å². The molecule has 4 nitrogen and oxygen atoms in total. The van der Waals surface area contributed by atoms with E-state index in [-0.39, 0.29) is 5.82 Å². The Balaban J connectivity index is 1.83. The number of nitrogens with zero attached hydrogens (tertiary/aromatic N) is 1. The molecule has 1 aliphatic rings. The number of rotatable bonds is 4. The zero-order valence-corrected chi connectivity index (χ0v) is 14.9. The monoisotopic (exact) mass is 362 g/mol. The van der Waals surface area contributed by atoms with Crippen LogP contribution in [0.4, 0.5) is 4.39 Å². The van der Waals surface area contributed by atoms with E-state index in [9.17, 15) is 9.18 Å². The summed E-state index contributed by atoms with van der Waals surface area (Å²) in [6, 6.07) is 16.6. The first-order valence-electron chi connectivity index (χ1n) is 8.89. The molecular weight excluding hydrogens is 343 g/mol. The van der Waals surface area contributed by atoms with E-state index in [0.29, 0.717) is 18.7 Å². The van der Waals surface area contributed by atoms with Crippen LogP contribution in [-0.2, 0) is 16.6 Å². The van der Waals surface area contributed by atoms with E-state index < -0.39 is 11.4 Å². The second kappa shape index (κ2) is 6.83. The van der Waals surface area contributed by atoms with E-state index in [0.717, 1.165) is 22.4 Å². The predicted octanol–water partition coefficient (Wildman–Crippen LogP) is 4.28. The Hall–Kier alpha value is -3.21. The summed E-state index contributed by atoms with van der Waals surface area (Å²) in [7, 11) is 0. The molecule has 5 heteroatoms. The third kappa shape index (κ3) is 2.95. The number of allylic oxidation sites excluding steroid dienone is 1. The Morgan fingerprint density at radius 1 is 1.15 bits per heavy atom. The fourth-order valence-corrected chi connectivity index (χ4v) is 3.67. The van der Waals surface area contributed by atoms with Crippen LogP contribution in [-0.4, -0.2) is 22.8 Å². The SMILES string of the molecule is CCOC(=O)c1n[nH]c2c1C=C[C@](c1ccccc1)(c1ccc(F)cc1)C2. The van der Waals surface area contributed by atoms with Gasteiger partial charge in [0.2, 0.25) is 0 Å². The van der Waals surface area contributed by atoms with Crippen molar-refractivity contribution in [3.8, 4) is 0 Å². The maximum Gasteiger partial charge on any atom is 0.359 e. The largest absolute Gasteiger partial charge is 0.461 e. The summed E-state index contributed by atoms with van der Waals surface area (Å²) >= 11 is 0. The zero-order chi connectivity index (χ0) is 18.9. The molecule has 0 radical (unpaired) electrons. The normalized spacial score (nSPS) is 18.1. The molecule has 0 bridgehead atoms. The fourth-order valence-electron chi connectivity index (χ4n) is 3.67. The highest BCUT2D eigenvalue weighted by Crippen LogP contribution is 2.41. The van der Waals surface area contributed by atoms with Crippen molar-refractivity contribution in [1.82, 2.24) is 10.2 Å². The van der Waals surface area contributed by atoms with Crippen molar-refractivity contribution in [2.75, 3.05) is 6.61 Å². The van der Waals surface area contributed by atoms with Crippen LogP contribution in [0.2, 0.25) is 0 Å². The van der Waals surface area contributed by atoms with Gasteiger partial charge in [0, 0.05) is 23.1 Å². The minimum absolute atomic E-state index is 0.270. The van der Waals surface area contributed by atoms with Crippen molar-refractivity contribution in [2.45, 2.75) is 18.8 Å². The summed E-state index contributed by atoms with van der Waals surface area (Å²) in [5.74, 6) is -0.706. The third-order valence-electron chi connectivity index (χ3n) is 4.99. The molecule has 0 unspecified atom stereocenters. The predicted molar refractivity (Wildman–Crippen MR) is 101 cm³/mol. The molecule has 1 N–H and O–H groups in total. The van der Waals surface area contributed by atoms with Crippen LogP contribution in [0.5, 0.6) is 0 Å². The van der Waals surface area contributed by atoms with Gasteiger partial charge < -0.3 is 4.74 Å². The molecule has 3 aromatic rings. The van der Waals surface area contributed by atoms with E-state index in [2.05, 4.69) is 28.4 Å². The van der Waals surface area contributed by atoms with Crippen LogP contribution in [0.25, 0.3) is 6.08 Å². The highest BCUT2D eigenvalue weighted by Gasteiger charge is 2.37. The van der Waals surface area contributed by atoms with Gasteiger partial charge in [0.25, 0.3) is 0 Å². The zero-order valence-electron chi connectivity index (χ0n) is 14.9. The standard InChI is InChI=1S/C22H19FN2O2/c1-2-27-21(26)20-18-12-13-22(14-19(18)24-25-20,15-6-4-3-5-7-15)16-8-10-17(23)11-9-16/h3-13H,2,14H2,1H3,(H,24,25)/t22-/m0/s1. The molecule has 0 fully saturated rings. The molecule has 1 atom stereocenters. The van der Waals surface area contributed by atoms with Gasteiger partial charge in [-0.25, -0.2) is 9.18 Å². The maximum atomic E-state index is 13.5. The van der Waals surface area contributed by atoms with Gasteiger partial charge in [-0.1, -0.05) is 54.6 Å². The first kappa shape index (κ1) is 17.2. The first-order chi connectivity index (χ1) is 13.1. The lowest BCUT2D eigenvalue weighted by atomic mass is 9.68. The maximum absolute atomic E-state index is 13.5. The molecule has 0 saturated heterocycles. The van der Waals surface area contributed by atoms with Crippen LogP contribution in [0.3, 0.4) is 0 Å². The van der Waals surface area contributed by atoms with Crippen LogP contribution in [0.1, 0.15) is 39.8 Å². The van der Waals surface area contributed by atoms with Gasteiger partial charge in [-0.3, -0.25) is 5.10 Å². The van der Waals surface area contributed by atoms with Gasteiger partial charge in [0.15, 0.2) is 5.69 Å². The fraction of sp³-hybridized carbons (Fsp3) is 0.182. The molecule has 1 heterocycles. The molecule has 0 amide bonds. The number of H-pyrrole nitrogens is 1. The van der Waals surface area contributed by atoms with Crippen molar-refractivity contribution < 1.29 is 13.9 Å². The van der Waals surface area contributed by atoms with Crippen LogP contribution < -0.4 is 0 Å². The van der Waals surface area contributed by atoms with Crippen molar-refractivity contribution in [2.24, 2.45) is 0 Å². The summed E-state index contributed by atoms with van der Waals surface area (Å²) in [6.07, 6.45) is 4.56. The highest BCUT2D eigenvalue weighted by molar-refractivity contribution is 5.92. The molecule has 2 aromatic carbocycles. The van der Waals surface area contributed by atoms with E-state index in [1.807, 2.05) is 24.3 Å². The summed E-state index contributed by atoms with van der Waals surface area (Å²) in [6.45, 7) is 2.06. The van der Waals surface area contributed by atoms with Crippen molar-refractivity contribution in [1.29, 1.82) is 0 Å². The molecule has 4 rings (SSSR count). The number of ether oxygens (including phenoxy) is 1. The highest BCUT2D eigenvalue weighted by atomic mass is 19.1. The minimum atomic E-state index is -0.472. The van der Waals surface area contributed by atoms with Crippen molar-refractivity contribution >= 4 is 12.0 Å². The number of benzene rings is 2. The molecule has 0 saturated carbocycles. The van der Waals surface area contributed by atoms with Crippen LogP contribution >= 0.6 is 0 Å². The number of hydrogen-bond donors (Lipinski definition) is 1. The van der Waals surface area contributed by atoms with Gasteiger partial charge >= 0.3 is 5.97 Å². The quantitative estimate of drug-likeness (QED) is 0.705. The van der Waals surface area contributed by atoms with Gasteiger partial charge in [-0.05, 0) is 30.2 Å². The number of aromatic nitrogens is 2. The number of hydrogen-bond acceptors (Lipinski definition) is 3. The average Bonchev–Trinajstić information content (AvgIpc) is 3.12. The Kier molecular flexibility index (Phi) is 4.36. The average molecular weight is 362 g/mol. The lowest BCUT2D eigenvalue weighted by molar-refractivity contribution is 0.0519. The minimum Gasteiger partial charge on any atom is -0.461 e. The smallest absolute Gasteiger partial charge is 0.359 e. The van der Waals surface area contributed by atoms with Gasteiger partial charge in [-0.15, -0.1) is 0 Å². The van der Waals surface area contributed by atoms with Gasteiger partial charge in [0.1, 0.15) is 5.82 Å². The van der Waals surface area contributed by atoms with Crippen molar-refractivity contribution in [3.05, 3.63) is 94.6 Å². The van der Waals surface area contributed by atoms with Crippen LogP contribution in [0, 0.1) is 5.82 Å². The molecular formula is C22H19FN2O2. The summed E-state index contributed by atoms with van der Waals surface area (Å²) in [5, 5.41) is 7.17. The molecule has 0 aliphatic heterocycles. The molecule has 1 aliphatic carbocycles. The molecule has 136 valence electrons.